The molecule has 0 fully saturated rings. The van der Waals surface area contributed by atoms with E-state index in [2.05, 4.69) is 25.2 Å². The molecule has 2 atom stereocenters. The fourth-order valence-electron chi connectivity index (χ4n) is 1.82. The lowest BCUT2D eigenvalue weighted by Crippen LogP contribution is -2.43. The molecule has 0 spiro atoms. The largest absolute Gasteiger partial charge is 0.389 e. The van der Waals surface area contributed by atoms with Crippen LogP contribution in [0.2, 0.25) is 0 Å². The summed E-state index contributed by atoms with van der Waals surface area (Å²) in [5, 5.41) is 13.5. The summed E-state index contributed by atoms with van der Waals surface area (Å²) in [7, 11) is 0. The Balaban J connectivity index is 2.26. The van der Waals surface area contributed by atoms with Gasteiger partial charge < -0.3 is 15.2 Å². The molecule has 0 saturated heterocycles. The van der Waals surface area contributed by atoms with Crippen LogP contribution in [0.25, 0.3) is 0 Å². The zero-order chi connectivity index (χ0) is 12.0. The Morgan fingerprint density at radius 1 is 1.62 bits per heavy atom. The zero-order valence-electron chi connectivity index (χ0n) is 10.8. The number of hydrogen-bond acceptors (Lipinski definition) is 3. The second kappa shape index (κ2) is 6.38. The molecule has 1 rings (SSSR count). The fraction of sp³-hybridized carbons (Fsp3) is 0.846. The molecule has 0 aromatic heterocycles. The highest BCUT2D eigenvalue weighted by molar-refractivity contribution is 5.07. The van der Waals surface area contributed by atoms with Gasteiger partial charge in [-0.25, -0.2) is 0 Å². The van der Waals surface area contributed by atoms with Crippen LogP contribution in [0.3, 0.4) is 0 Å². The first kappa shape index (κ1) is 13.7. The summed E-state index contributed by atoms with van der Waals surface area (Å²) in [5.74, 6) is 0.316. The van der Waals surface area contributed by atoms with Crippen molar-refractivity contribution < 1.29 is 9.84 Å². The van der Waals surface area contributed by atoms with Gasteiger partial charge in [0.25, 0.3) is 0 Å². The second-order valence-corrected chi connectivity index (χ2v) is 4.97. The van der Waals surface area contributed by atoms with Crippen LogP contribution in [0.1, 0.15) is 33.6 Å². The van der Waals surface area contributed by atoms with E-state index in [1.165, 1.54) is 5.57 Å². The number of rotatable bonds is 6. The van der Waals surface area contributed by atoms with E-state index in [1.54, 1.807) is 0 Å². The van der Waals surface area contributed by atoms with Crippen molar-refractivity contribution in [1.82, 2.24) is 5.32 Å². The molecule has 3 heteroatoms. The molecule has 0 amide bonds. The number of nitrogens with one attached hydrogen (secondary N) is 1. The van der Waals surface area contributed by atoms with E-state index in [9.17, 15) is 5.11 Å². The molecule has 16 heavy (non-hydrogen) atoms. The van der Waals surface area contributed by atoms with Crippen LogP contribution >= 0.6 is 0 Å². The topological polar surface area (TPSA) is 41.5 Å². The normalized spacial score (nSPS) is 22.4. The first-order valence-electron chi connectivity index (χ1n) is 6.25. The summed E-state index contributed by atoms with van der Waals surface area (Å²) in [6.45, 7) is 9.14. The van der Waals surface area contributed by atoms with Gasteiger partial charge in [0.05, 0.1) is 18.8 Å². The Morgan fingerprint density at radius 3 is 2.94 bits per heavy atom. The highest BCUT2D eigenvalue weighted by atomic mass is 16.5. The lowest BCUT2D eigenvalue weighted by Gasteiger charge is -2.30. The molecule has 3 nitrogen and oxygen atoms in total. The highest BCUT2D eigenvalue weighted by Crippen LogP contribution is 2.18. The summed E-state index contributed by atoms with van der Waals surface area (Å²) in [6, 6.07) is 0. The Labute approximate surface area is 98.9 Å². The fourth-order valence-corrected chi connectivity index (χ4v) is 1.82. The van der Waals surface area contributed by atoms with Crippen molar-refractivity contribution in [3.8, 4) is 0 Å². The molecule has 0 bridgehead atoms. The molecular formula is C13H25NO2. The van der Waals surface area contributed by atoms with E-state index in [1.807, 2.05) is 6.92 Å². The summed E-state index contributed by atoms with van der Waals surface area (Å²) in [6.07, 6.45) is 4.24. The van der Waals surface area contributed by atoms with Gasteiger partial charge in [-0.15, -0.1) is 0 Å². The third kappa shape index (κ3) is 4.24. The Hall–Kier alpha value is -0.380. The van der Waals surface area contributed by atoms with Gasteiger partial charge in [0.1, 0.15) is 0 Å². The third-order valence-electron chi connectivity index (χ3n) is 3.49. The van der Waals surface area contributed by atoms with Gasteiger partial charge in [-0.1, -0.05) is 26.3 Å². The molecular weight excluding hydrogens is 202 g/mol. The lowest BCUT2D eigenvalue weighted by atomic mass is 9.88. The Morgan fingerprint density at radius 2 is 2.38 bits per heavy atom. The van der Waals surface area contributed by atoms with E-state index < -0.39 is 5.60 Å². The van der Waals surface area contributed by atoms with Crippen LogP contribution in [0.5, 0.6) is 0 Å². The molecule has 1 aliphatic rings. The van der Waals surface area contributed by atoms with Gasteiger partial charge in [0, 0.05) is 13.1 Å². The monoisotopic (exact) mass is 227 g/mol. The predicted octanol–water partition coefficient (Wildman–Crippen LogP) is 1.72. The minimum absolute atomic E-state index is 0.316. The van der Waals surface area contributed by atoms with Crippen molar-refractivity contribution >= 4 is 0 Å². The lowest BCUT2D eigenvalue weighted by molar-refractivity contribution is 0.00602. The van der Waals surface area contributed by atoms with Gasteiger partial charge in [0.2, 0.25) is 0 Å². The summed E-state index contributed by atoms with van der Waals surface area (Å²) < 4.78 is 5.36. The van der Waals surface area contributed by atoms with Gasteiger partial charge >= 0.3 is 0 Å². The van der Waals surface area contributed by atoms with Crippen molar-refractivity contribution in [2.45, 2.75) is 39.2 Å². The number of aliphatic hydroxyl groups is 1. The SMILES string of the molecule is CCC(C)C(C)(O)CNCC1=CCCOC1. The van der Waals surface area contributed by atoms with Crippen LogP contribution in [0.4, 0.5) is 0 Å². The van der Waals surface area contributed by atoms with Crippen molar-refractivity contribution in [1.29, 1.82) is 0 Å². The average Bonchev–Trinajstić information content (AvgIpc) is 2.29. The summed E-state index contributed by atoms with van der Waals surface area (Å²) >= 11 is 0. The molecule has 1 aliphatic heterocycles. The highest BCUT2D eigenvalue weighted by Gasteiger charge is 2.26. The second-order valence-electron chi connectivity index (χ2n) is 4.97. The van der Waals surface area contributed by atoms with Crippen molar-refractivity contribution in [2.75, 3.05) is 26.3 Å². The summed E-state index contributed by atoms with van der Waals surface area (Å²) in [5.41, 5.74) is 0.677. The van der Waals surface area contributed by atoms with Crippen molar-refractivity contribution in [2.24, 2.45) is 5.92 Å². The molecule has 0 saturated carbocycles. The van der Waals surface area contributed by atoms with Gasteiger partial charge in [-0.05, 0) is 24.8 Å². The molecule has 0 aliphatic carbocycles. The average molecular weight is 227 g/mol. The molecule has 94 valence electrons. The maximum absolute atomic E-state index is 10.2. The van der Waals surface area contributed by atoms with Crippen LogP contribution in [-0.2, 0) is 4.74 Å². The number of hydrogen-bond donors (Lipinski definition) is 2. The van der Waals surface area contributed by atoms with E-state index in [0.29, 0.717) is 12.5 Å². The summed E-state index contributed by atoms with van der Waals surface area (Å²) in [4.78, 5) is 0. The smallest absolute Gasteiger partial charge is 0.0768 e. The minimum atomic E-state index is -0.620. The molecule has 0 radical (unpaired) electrons. The molecule has 0 aromatic rings. The van der Waals surface area contributed by atoms with E-state index in [0.717, 1.165) is 32.6 Å². The number of ether oxygens (including phenoxy) is 1. The van der Waals surface area contributed by atoms with Gasteiger partial charge in [-0.3, -0.25) is 0 Å². The van der Waals surface area contributed by atoms with Crippen molar-refractivity contribution in [3.05, 3.63) is 11.6 Å². The predicted molar refractivity (Wildman–Crippen MR) is 66.5 cm³/mol. The Kier molecular flexibility index (Phi) is 5.46. The standard InChI is InChI=1S/C13H25NO2/c1-4-11(2)13(3,15)10-14-8-12-6-5-7-16-9-12/h6,11,14-15H,4-5,7-10H2,1-3H3. The molecule has 2 N–H and O–H groups in total. The van der Waals surface area contributed by atoms with E-state index in [-0.39, 0.29) is 0 Å². The zero-order valence-corrected chi connectivity index (χ0v) is 10.8. The van der Waals surface area contributed by atoms with E-state index >= 15 is 0 Å². The van der Waals surface area contributed by atoms with Crippen LogP contribution < -0.4 is 5.32 Å². The van der Waals surface area contributed by atoms with Crippen molar-refractivity contribution in [3.63, 3.8) is 0 Å². The maximum atomic E-state index is 10.2. The van der Waals surface area contributed by atoms with Crippen LogP contribution in [0, 0.1) is 5.92 Å². The Bertz CT molecular complexity index is 236. The maximum Gasteiger partial charge on any atom is 0.0768 e. The van der Waals surface area contributed by atoms with Crippen LogP contribution in [-0.4, -0.2) is 37.0 Å². The minimum Gasteiger partial charge on any atom is -0.389 e. The third-order valence-corrected chi connectivity index (χ3v) is 3.49. The van der Waals surface area contributed by atoms with Crippen LogP contribution in [0.15, 0.2) is 11.6 Å². The van der Waals surface area contributed by atoms with Gasteiger partial charge in [-0.2, -0.15) is 0 Å². The molecule has 2 unspecified atom stereocenters. The quantitative estimate of drug-likeness (QED) is 0.679. The molecule has 0 aromatic carbocycles. The first-order chi connectivity index (χ1) is 7.56. The first-order valence-corrected chi connectivity index (χ1v) is 6.25. The van der Waals surface area contributed by atoms with Gasteiger partial charge in [0.15, 0.2) is 0 Å². The van der Waals surface area contributed by atoms with E-state index in [4.69, 9.17) is 4.74 Å². The molecule has 1 heterocycles.